The standard InChI is InChI=1S/C16H31N3O/c20-14-13-17-9-11-19(12-10-17)16-5-7-18(8-6-16)15-3-1-2-4-15/h15-16,20H,1-14H2. The van der Waals surface area contributed by atoms with Gasteiger partial charge in [0.2, 0.25) is 0 Å². The molecule has 0 atom stereocenters. The molecule has 3 rings (SSSR count). The Morgan fingerprint density at radius 3 is 1.85 bits per heavy atom. The summed E-state index contributed by atoms with van der Waals surface area (Å²) in [7, 11) is 0. The van der Waals surface area contributed by atoms with Crippen molar-refractivity contribution in [3.05, 3.63) is 0 Å². The fourth-order valence-corrected chi connectivity index (χ4v) is 4.38. The van der Waals surface area contributed by atoms with Crippen molar-refractivity contribution in [2.75, 3.05) is 52.4 Å². The second kappa shape index (κ2) is 7.21. The lowest BCUT2D eigenvalue weighted by molar-refractivity contribution is 0.0437. The van der Waals surface area contributed by atoms with Gasteiger partial charge in [-0.3, -0.25) is 9.80 Å². The molecule has 0 bridgehead atoms. The van der Waals surface area contributed by atoms with E-state index in [0.29, 0.717) is 6.61 Å². The second-order valence-corrected chi connectivity index (χ2v) is 6.81. The number of piperazine rings is 1. The maximum atomic E-state index is 9.01. The Hall–Kier alpha value is -0.160. The van der Waals surface area contributed by atoms with Crippen LogP contribution in [0.2, 0.25) is 0 Å². The second-order valence-electron chi connectivity index (χ2n) is 6.81. The molecule has 3 aliphatic rings. The Labute approximate surface area is 123 Å². The first-order valence-electron chi connectivity index (χ1n) is 8.68. The summed E-state index contributed by atoms with van der Waals surface area (Å²) in [5.41, 5.74) is 0. The normalized spacial score (nSPS) is 29.2. The van der Waals surface area contributed by atoms with Crippen molar-refractivity contribution in [2.24, 2.45) is 0 Å². The van der Waals surface area contributed by atoms with E-state index in [1.807, 2.05) is 0 Å². The molecule has 0 spiro atoms. The van der Waals surface area contributed by atoms with Gasteiger partial charge in [0.15, 0.2) is 0 Å². The first kappa shape index (κ1) is 14.8. The monoisotopic (exact) mass is 281 g/mol. The Balaban J connectivity index is 1.40. The number of piperidine rings is 1. The Morgan fingerprint density at radius 2 is 1.25 bits per heavy atom. The van der Waals surface area contributed by atoms with Crippen LogP contribution < -0.4 is 0 Å². The lowest BCUT2D eigenvalue weighted by Gasteiger charge is -2.44. The van der Waals surface area contributed by atoms with Crippen LogP contribution in [-0.2, 0) is 0 Å². The van der Waals surface area contributed by atoms with Crippen LogP contribution in [0.5, 0.6) is 0 Å². The highest BCUT2D eigenvalue weighted by Gasteiger charge is 2.30. The van der Waals surface area contributed by atoms with E-state index in [0.717, 1.165) is 31.7 Å². The highest BCUT2D eigenvalue weighted by molar-refractivity contribution is 4.87. The van der Waals surface area contributed by atoms with Gasteiger partial charge in [0.1, 0.15) is 0 Å². The molecular formula is C16H31N3O. The van der Waals surface area contributed by atoms with Crippen LogP contribution in [0, 0.1) is 0 Å². The zero-order valence-electron chi connectivity index (χ0n) is 12.8. The fraction of sp³-hybridized carbons (Fsp3) is 1.00. The Morgan fingerprint density at radius 1 is 0.700 bits per heavy atom. The topological polar surface area (TPSA) is 30.0 Å². The quantitative estimate of drug-likeness (QED) is 0.833. The number of aliphatic hydroxyl groups is 1. The molecule has 0 aromatic rings. The Kier molecular flexibility index (Phi) is 5.32. The summed E-state index contributed by atoms with van der Waals surface area (Å²) in [5, 5.41) is 9.01. The molecule has 0 amide bonds. The number of β-amino-alcohol motifs (C(OH)–C–C–N with tert-alkyl or cyclic N) is 1. The van der Waals surface area contributed by atoms with E-state index >= 15 is 0 Å². The molecule has 0 aromatic carbocycles. The summed E-state index contributed by atoms with van der Waals surface area (Å²) in [6.45, 7) is 8.50. The third-order valence-corrected chi connectivity index (χ3v) is 5.68. The molecule has 116 valence electrons. The van der Waals surface area contributed by atoms with Crippen molar-refractivity contribution in [1.29, 1.82) is 0 Å². The van der Waals surface area contributed by atoms with Crippen molar-refractivity contribution in [1.82, 2.24) is 14.7 Å². The van der Waals surface area contributed by atoms with Gasteiger partial charge in [0, 0.05) is 44.8 Å². The first-order valence-corrected chi connectivity index (χ1v) is 8.68. The molecule has 2 heterocycles. The molecule has 0 unspecified atom stereocenters. The summed E-state index contributed by atoms with van der Waals surface area (Å²) in [6, 6.07) is 1.74. The van der Waals surface area contributed by atoms with Gasteiger partial charge in [-0.05, 0) is 38.8 Å². The van der Waals surface area contributed by atoms with E-state index in [9.17, 15) is 0 Å². The van der Waals surface area contributed by atoms with E-state index in [-0.39, 0.29) is 0 Å². The van der Waals surface area contributed by atoms with Crippen molar-refractivity contribution in [3.63, 3.8) is 0 Å². The lowest BCUT2D eigenvalue weighted by atomic mass is 10.00. The van der Waals surface area contributed by atoms with Gasteiger partial charge in [0.25, 0.3) is 0 Å². The molecule has 2 saturated heterocycles. The van der Waals surface area contributed by atoms with Gasteiger partial charge in [-0.15, -0.1) is 0 Å². The smallest absolute Gasteiger partial charge is 0.0558 e. The number of hydrogen-bond donors (Lipinski definition) is 1. The van der Waals surface area contributed by atoms with E-state index in [1.165, 1.54) is 64.7 Å². The van der Waals surface area contributed by atoms with Crippen molar-refractivity contribution < 1.29 is 5.11 Å². The number of hydrogen-bond acceptors (Lipinski definition) is 4. The van der Waals surface area contributed by atoms with Crippen LogP contribution in [0.3, 0.4) is 0 Å². The summed E-state index contributed by atoms with van der Waals surface area (Å²) >= 11 is 0. The van der Waals surface area contributed by atoms with Crippen molar-refractivity contribution >= 4 is 0 Å². The number of rotatable bonds is 4. The van der Waals surface area contributed by atoms with Gasteiger partial charge in [-0.2, -0.15) is 0 Å². The predicted molar refractivity (Wildman–Crippen MR) is 81.9 cm³/mol. The maximum absolute atomic E-state index is 9.01. The van der Waals surface area contributed by atoms with Crippen LogP contribution >= 0.6 is 0 Å². The van der Waals surface area contributed by atoms with E-state index < -0.39 is 0 Å². The minimum atomic E-state index is 0.305. The van der Waals surface area contributed by atoms with Gasteiger partial charge in [-0.25, -0.2) is 0 Å². The minimum absolute atomic E-state index is 0.305. The molecule has 1 saturated carbocycles. The largest absolute Gasteiger partial charge is 0.395 e. The highest BCUT2D eigenvalue weighted by Crippen LogP contribution is 2.27. The van der Waals surface area contributed by atoms with Gasteiger partial charge >= 0.3 is 0 Å². The summed E-state index contributed by atoms with van der Waals surface area (Å²) < 4.78 is 0. The maximum Gasteiger partial charge on any atom is 0.0558 e. The third kappa shape index (κ3) is 3.53. The summed E-state index contributed by atoms with van der Waals surface area (Å²) in [5.74, 6) is 0. The number of aliphatic hydroxyl groups excluding tert-OH is 1. The lowest BCUT2D eigenvalue weighted by Crippen LogP contribution is -2.54. The van der Waals surface area contributed by atoms with Gasteiger partial charge < -0.3 is 10.0 Å². The number of likely N-dealkylation sites (tertiary alicyclic amines) is 1. The van der Waals surface area contributed by atoms with Crippen molar-refractivity contribution in [2.45, 2.75) is 50.6 Å². The molecule has 20 heavy (non-hydrogen) atoms. The van der Waals surface area contributed by atoms with E-state index in [4.69, 9.17) is 5.11 Å². The van der Waals surface area contributed by atoms with Crippen LogP contribution in [-0.4, -0.2) is 84.3 Å². The zero-order valence-corrected chi connectivity index (χ0v) is 12.8. The molecular weight excluding hydrogens is 250 g/mol. The molecule has 1 aliphatic carbocycles. The van der Waals surface area contributed by atoms with Crippen molar-refractivity contribution in [3.8, 4) is 0 Å². The fourth-order valence-electron chi connectivity index (χ4n) is 4.38. The van der Waals surface area contributed by atoms with Crippen LogP contribution in [0.4, 0.5) is 0 Å². The zero-order chi connectivity index (χ0) is 13.8. The predicted octanol–water partition coefficient (Wildman–Crippen LogP) is 1.00. The van der Waals surface area contributed by atoms with Crippen LogP contribution in [0.1, 0.15) is 38.5 Å². The van der Waals surface area contributed by atoms with Gasteiger partial charge in [-0.1, -0.05) is 12.8 Å². The molecule has 4 nitrogen and oxygen atoms in total. The average Bonchev–Trinajstić information content (AvgIpc) is 3.03. The average molecular weight is 281 g/mol. The van der Waals surface area contributed by atoms with E-state index in [1.54, 1.807) is 0 Å². The molecule has 0 radical (unpaired) electrons. The molecule has 3 fully saturated rings. The molecule has 1 N–H and O–H groups in total. The highest BCUT2D eigenvalue weighted by atomic mass is 16.3. The van der Waals surface area contributed by atoms with Crippen LogP contribution in [0.25, 0.3) is 0 Å². The molecule has 2 aliphatic heterocycles. The van der Waals surface area contributed by atoms with Crippen LogP contribution in [0.15, 0.2) is 0 Å². The SMILES string of the molecule is OCCN1CCN(C2CCN(C3CCCC3)CC2)CC1. The van der Waals surface area contributed by atoms with E-state index in [2.05, 4.69) is 14.7 Å². The number of nitrogens with zero attached hydrogens (tertiary/aromatic N) is 3. The molecule has 0 aromatic heterocycles. The summed E-state index contributed by atoms with van der Waals surface area (Å²) in [6.07, 6.45) is 8.55. The molecule has 4 heteroatoms. The first-order chi connectivity index (χ1) is 9.86. The third-order valence-electron chi connectivity index (χ3n) is 5.68. The Bertz CT molecular complexity index is 277. The summed E-state index contributed by atoms with van der Waals surface area (Å²) in [4.78, 5) is 7.87. The minimum Gasteiger partial charge on any atom is -0.395 e. The van der Waals surface area contributed by atoms with Gasteiger partial charge in [0.05, 0.1) is 6.61 Å².